The number of hydrogen-bond acceptors (Lipinski definition) is 8. The number of ether oxygens (including phenoxy) is 3. The van der Waals surface area contributed by atoms with Crippen LogP contribution in [-0.4, -0.2) is 52.4 Å². The van der Waals surface area contributed by atoms with Crippen LogP contribution in [0.4, 0.5) is 0 Å². The Morgan fingerprint density at radius 1 is 1.09 bits per heavy atom. The fraction of sp³-hybridized carbons (Fsp3) is 0.478. The van der Waals surface area contributed by atoms with Crippen LogP contribution in [0.2, 0.25) is 0 Å². The van der Waals surface area contributed by atoms with Gasteiger partial charge in [-0.2, -0.15) is 4.98 Å². The van der Waals surface area contributed by atoms with Crippen molar-refractivity contribution < 1.29 is 19.0 Å². The van der Waals surface area contributed by atoms with E-state index >= 15 is 0 Å². The fourth-order valence-electron chi connectivity index (χ4n) is 3.88. The molecule has 0 radical (unpaired) electrons. The zero-order chi connectivity index (χ0) is 22.8. The summed E-state index contributed by atoms with van der Waals surface area (Å²) in [7, 11) is 4.75. The molecule has 0 unspecified atom stereocenters. The third kappa shape index (κ3) is 4.39. The van der Waals surface area contributed by atoms with Gasteiger partial charge in [0.05, 0.1) is 32.6 Å². The second-order valence-corrected chi connectivity index (χ2v) is 9.32. The number of methoxy groups -OCH3 is 3. The van der Waals surface area contributed by atoms with Crippen LogP contribution in [0.3, 0.4) is 0 Å². The normalized spacial score (nSPS) is 15.8. The first-order chi connectivity index (χ1) is 15.4. The summed E-state index contributed by atoms with van der Waals surface area (Å²) >= 11 is 1.62. The maximum absolute atomic E-state index is 13.0. The molecule has 2 aromatic heterocycles. The van der Waals surface area contributed by atoms with E-state index in [1.807, 2.05) is 12.1 Å². The molecule has 0 aliphatic heterocycles. The molecule has 0 fully saturated rings. The summed E-state index contributed by atoms with van der Waals surface area (Å²) in [6, 6.07) is 3.81. The predicted octanol–water partition coefficient (Wildman–Crippen LogP) is 4.20. The van der Waals surface area contributed by atoms with Gasteiger partial charge < -0.3 is 14.2 Å². The van der Waals surface area contributed by atoms with Gasteiger partial charge in [-0.15, -0.1) is 5.10 Å². The molecular formula is C23H28N4O4S. The van der Waals surface area contributed by atoms with E-state index in [-0.39, 0.29) is 11.7 Å². The molecule has 1 aliphatic carbocycles. The first-order valence-corrected chi connectivity index (χ1v) is 11.6. The molecule has 0 N–H and O–H groups in total. The van der Waals surface area contributed by atoms with Crippen molar-refractivity contribution in [1.82, 2.24) is 19.6 Å². The fourth-order valence-corrected chi connectivity index (χ4v) is 4.95. The van der Waals surface area contributed by atoms with Crippen molar-refractivity contribution in [1.29, 1.82) is 0 Å². The van der Waals surface area contributed by atoms with E-state index in [2.05, 4.69) is 23.9 Å². The Balaban J connectivity index is 1.63. The average molecular weight is 457 g/mol. The van der Waals surface area contributed by atoms with Gasteiger partial charge in [0.1, 0.15) is 0 Å². The minimum Gasteiger partial charge on any atom is -0.493 e. The van der Waals surface area contributed by atoms with Gasteiger partial charge in [0.25, 0.3) is 5.78 Å². The van der Waals surface area contributed by atoms with Crippen molar-refractivity contribution in [3.8, 4) is 17.2 Å². The number of ketones is 1. The van der Waals surface area contributed by atoms with Gasteiger partial charge in [-0.1, -0.05) is 25.6 Å². The highest BCUT2D eigenvalue weighted by molar-refractivity contribution is 7.99. The smallest absolute Gasteiger partial charge is 0.253 e. The molecule has 9 heteroatoms. The van der Waals surface area contributed by atoms with Gasteiger partial charge in [0.2, 0.25) is 10.9 Å². The zero-order valence-corrected chi connectivity index (χ0v) is 19.9. The number of fused-ring (bicyclic) bond motifs is 2. The second-order valence-electron chi connectivity index (χ2n) is 8.26. The molecule has 1 aromatic carbocycles. The number of thioether (sulfide) groups is 1. The summed E-state index contributed by atoms with van der Waals surface area (Å²) in [4.78, 5) is 22.3. The number of nitrogens with zero attached hydrogens (tertiary/aromatic N) is 4. The Morgan fingerprint density at radius 2 is 1.81 bits per heavy atom. The number of Topliss-reactive ketones (excluding diaryl/α,β-unsaturated/α-hetero) is 1. The topological polar surface area (TPSA) is 87.8 Å². The van der Waals surface area contributed by atoms with E-state index < -0.39 is 0 Å². The number of carbonyl (C=O) groups is 1. The maximum atomic E-state index is 13.0. The number of rotatable bonds is 8. The van der Waals surface area contributed by atoms with Crippen molar-refractivity contribution >= 4 is 23.3 Å². The number of benzene rings is 1. The molecule has 2 heterocycles. The highest BCUT2D eigenvalue weighted by Gasteiger charge is 2.30. The van der Waals surface area contributed by atoms with E-state index in [1.54, 1.807) is 43.8 Å². The molecule has 170 valence electrons. The molecule has 0 bridgehead atoms. The molecule has 8 nitrogen and oxygen atoms in total. The summed E-state index contributed by atoms with van der Waals surface area (Å²) in [6.07, 6.45) is 3.87. The van der Waals surface area contributed by atoms with E-state index in [0.29, 0.717) is 52.5 Å². The van der Waals surface area contributed by atoms with Crippen LogP contribution >= 0.6 is 11.8 Å². The number of aromatic nitrogens is 4. The Labute approximate surface area is 191 Å². The predicted molar refractivity (Wildman–Crippen MR) is 122 cm³/mol. The largest absolute Gasteiger partial charge is 0.493 e. The first-order valence-electron chi connectivity index (χ1n) is 10.7. The first kappa shape index (κ1) is 22.4. The molecular weight excluding hydrogens is 428 g/mol. The van der Waals surface area contributed by atoms with Crippen LogP contribution in [-0.2, 0) is 6.42 Å². The van der Waals surface area contributed by atoms with Gasteiger partial charge >= 0.3 is 0 Å². The van der Waals surface area contributed by atoms with Crippen molar-refractivity contribution in [3.63, 3.8) is 0 Å². The SMILES string of the molecule is COc1cc([C@@H]2CC(=O)c3cn4nc(SCCC(C)C)nc4nc3C2)cc(OC)c1OC. The molecule has 32 heavy (non-hydrogen) atoms. The summed E-state index contributed by atoms with van der Waals surface area (Å²) in [5.41, 5.74) is 2.31. The molecule has 4 rings (SSSR count). The average Bonchev–Trinajstić information content (AvgIpc) is 3.17. The van der Waals surface area contributed by atoms with E-state index in [0.717, 1.165) is 23.4 Å². The Morgan fingerprint density at radius 3 is 2.44 bits per heavy atom. The second kappa shape index (κ2) is 9.36. The van der Waals surface area contributed by atoms with Gasteiger partial charge in [0, 0.05) is 18.4 Å². The lowest BCUT2D eigenvalue weighted by Crippen LogP contribution is -2.21. The Bertz CT molecular complexity index is 1120. The molecule has 3 aromatic rings. The molecule has 0 saturated heterocycles. The lowest BCUT2D eigenvalue weighted by atomic mass is 9.82. The monoisotopic (exact) mass is 456 g/mol. The lowest BCUT2D eigenvalue weighted by Gasteiger charge is -2.24. The van der Waals surface area contributed by atoms with E-state index in [9.17, 15) is 4.79 Å². The maximum Gasteiger partial charge on any atom is 0.253 e. The summed E-state index contributed by atoms with van der Waals surface area (Å²) < 4.78 is 18.0. The lowest BCUT2D eigenvalue weighted by molar-refractivity contribution is 0.0962. The van der Waals surface area contributed by atoms with Crippen LogP contribution in [0.1, 0.15) is 54.2 Å². The summed E-state index contributed by atoms with van der Waals surface area (Å²) in [5.74, 6) is 3.80. The highest BCUT2D eigenvalue weighted by Crippen LogP contribution is 2.42. The van der Waals surface area contributed by atoms with Crippen LogP contribution < -0.4 is 14.2 Å². The number of carbonyl (C=O) groups excluding carboxylic acids is 1. The third-order valence-electron chi connectivity index (χ3n) is 5.65. The van der Waals surface area contributed by atoms with Gasteiger partial charge in [-0.05, 0) is 42.4 Å². The standard InChI is InChI=1S/C23H28N4O4S/c1-13(2)6-7-32-23-25-22-24-17-8-14(9-18(28)16(17)12-27(22)26-23)15-10-19(29-3)21(31-5)20(11-15)30-4/h10-14H,6-9H2,1-5H3/t14-/m0/s1. The molecule has 0 saturated carbocycles. The van der Waals surface area contributed by atoms with Crippen molar-refractivity contribution in [2.24, 2.45) is 5.92 Å². The van der Waals surface area contributed by atoms with Gasteiger partial charge in [-0.3, -0.25) is 4.79 Å². The van der Waals surface area contributed by atoms with Crippen LogP contribution in [0, 0.1) is 5.92 Å². The minimum absolute atomic E-state index is 0.0403. The summed E-state index contributed by atoms with van der Waals surface area (Å²) in [6.45, 7) is 4.40. The zero-order valence-electron chi connectivity index (χ0n) is 19.0. The third-order valence-corrected chi connectivity index (χ3v) is 6.52. The highest BCUT2D eigenvalue weighted by atomic mass is 32.2. The van der Waals surface area contributed by atoms with Gasteiger partial charge in [0.15, 0.2) is 17.3 Å². The molecule has 1 atom stereocenters. The van der Waals surface area contributed by atoms with Crippen LogP contribution in [0.15, 0.2) is 23.5 Å². The molecule has 0 amide bonds. The number of hydrogen-bond donors (Lipinski definition) is 0. The van der Waals surface area contributed by atoms with Crippen LogP contribution in [0.5, 0.6) is 17.2 Å². The van der Waals surface area contributed by atoms with Crippen molar-refractivity contribution in [2.75, 3.05) is 27.1 Å². The molecule has 1 aliphatic rings. The quantitative estimate of drug-likeness (QED) is 0.466. The Kier molecular flexibility index (Phi) is 6.55. The van der Waals surface area contributed by atoms with Crippen molar-refractivity contribution in [3.05, 3.63) is 35.2 Å². The Hall–Kier alpha value is -2.81. The minimum atomic E-state index is -0.0403. The van der Waals surface area contributed by atoms with E-state index in [1.165, 1.54) is 0 Å². The van der Waals surface area contributed by atoms with E-state index in [4.69, 9.17) is 19.2 Å². The summed E-state index contributed by atoms with van der Waals surface area (Å²) in [5, 5.41) is 5.19. The molecule has 0 spiro atoms. The van der Waals surface area contributed by atoms with Crippen molar-refractivity contribution in [2.45, 2.75) is 44.2 Å². The van der Waals surface area contributed by atoms with Gasteiger partial charge in [-0.25, -0.2) is 9.50 Å². The van der Waals surface area contributed by atoms with Crippen LogP contribution in [0.25, 0.3) is 5.78 Å².